The maximum absolute atomic E-state index is 13.1. The van der Waals surface area contributed by atoms with E-state index in [-0.39, 0.29) is 23.1 Å². The lowest BCUT2D eigenvalue weighted by molar-refractivity contribution is -0.144. The van der Waals surface area contributed by atoms with Crippen molar-refractivity contribution in [3.63, 3.8) is 0 Å². The molecule has 2 N–H and O–H groups in total. The molecule has 1 aliphatic carbocycles. The molecule has 1 fully saturated rings. The predicted molar refractivity (Wildman–Crippen MR) is 119 cm³/mol. The van der Waals surface area contributed by atoms with E-state index in [1.165, 1.54) is 9.95 Å². The zero-order valence-electron chi connectivity index (χ0n) is 16.4. The van der Waals surface area contributed by atoms with Crippen LogP contribution in [0.25, 0.3) is 11.1 Å². The van der Waals surface area contributed by atoms with Gasteiger partial charge in [-0.3, -0.25) is 19.0 Å². The minimum Gasteiger partial charge on any atom is -0.494 e. The number of carboxylic acids is 1. The molecule has 2 aromatic carbocycles. The zero-order chi connectivity index (χ0) is 22.1. The average Bonchev–Trinajstić information content (AvgIpc) is 3.33. The van der Waals surface area contributed by atoms with Gasteiger partial charge in [0.05, 0.1) is 11.3 Å². The van der Waals surface area contributed by atoms with Gasteiger partial charge in [0.25, 0.3) is 0 Å². The van der Waals surface area contributed by atoms with Crippen LogP contribution in [0.3, 0.4) is 0 Å². The van der Waals surface area contributed by atoms with Crippen LogP contribution in [0.2, 0.25) is 5.02 Å². The molecular formula is C23H20ClNO5S. The van der Waals surface area contributed by atoms with Crippen LogP contribution in [0.4, 0.5) is 0 Å². The molecule has 3 unspecified atom stereocenters. The van der Waals surface area contributed by atoms with Crippen molar-refractivity contribution in [1.29, 1.82) is 0 Å². The number of rotatable bonds is 6. The summed E-state index contributed by atoms with van der Waals surface area (Å²) in [5.74, 6) is -3.42. The van der Waals surface area contributed by atoms with Crippen molar-refractivity contribution < 1.29 is 19.8 Å². The molecule has 3 aromatic rings. The van der Waals surface area contributed by atoms with Gasteiger partial charge >= 0.3 is 10.8 Å². The van der Waals surface area contributed by atoms with Gasteiger partial charge in [-0.1, -0.05) is 59.3 Å². The molecule has 0 aliphatic heterocycles. The first kappa shape index (κ1) is 21.3. The number of halogens is 1. The first-order valence-electron chi connectivity index (χ1n) is 9.85. The molecule has 0 bridgehead atoms. The van der Waals surface area contributed by atoms with E-state index in [2.05, 4.69) is 0 Å². The number of hydrogen-bond acceptors (Lipinski definition) is 5. The maximum Gasteiger partial charge on any atom is 0.309 e. The molecule has 0 amide bonds. The molecule has 0 saturated heterocycles. The van der Waals surface area contributed by atoms with Crippen LogP contribution in [0.1, 0.15) is 23.2 Å². The van der Waals surface area contributed by atoms with E-state index < -0.39 is 23.7 Å². The molecule has 4 rings (SSSR count). The van der Waals surface area contributed by atoms with Crippen molar-refractivity contribution in [1.82, 2.24) is 4.57 Å². The van der Waals surface area contributed by atoms with E-state index in [1.807, 2.05) is 24.3 Å². The number of thiazole rings is 1. The Hall–Kier alpha value is -2.90. The Morgan fingerprint density at radius 1 is 1.03 bits per heavy atom. The third-order valence-corrected chi connectivity index (χ3v) is 6.94. The van der Waals surface area contributed by atoms with Gasteiger partial charge in [0.2, 0.25) is 5.88 Å². The fourth-order valence-corrected chi connectivity index (χ4v) is 5.12. The van der Waals surface area contributed by atoms with E-state index in [0.29, 0.717) is 23.4 Å². The summed E-state index contributed by atoms with van der Waals surface area (Å²) in [6.07, 6.45) is 0.928. The number of nitrogens with zero attached hydrogens (tertiary/aromatic N) is 1. The normalized spacial score (nSPS) is 20.6. The first-order chi connectivity index (χ1) is 14.8. The fourth-order valence-electron chi connectivity index (χ4n) is 4.36. The number of carbonyl (C=O) groups excluding carboxylic acids is 1. The first-order valence-corrected chi connectivity index (χ1v) is 11.1. The number of carboxylic acid groups (broad SMARTS) is 1. The molecule has 0 radical (unpaired) electrons. The van der Waals surface area contributed by atoms with Gasteiger partial charge in [-0.2, -0.15) is 0 Å². The van der Waals surface area contributed by atoms with E-state index in [4.69, 9.17) is 11.6 Å². The summed E-state index contributed by atoms with van der Waals surface area (Å²) in [4.78, 5) is 36.7. The number of carbonyl (C=O) groups is 2. The number of Topliss-reactive ketones (excluding diaryl/α,β-unsaturated/α-hetero) is 1. The van der Waals surface area contributed by atoms with Crippen molar-refractivity contribution in [2.24, 2.45) is 17.8 Å². The lowest BCUT2D eigenvalue weighted by Gasteiger charge is -2.21. The van der Waals surface area contributed by atoms with Crippen molar-refractivity contribution >= 4 is 34.7 Å². The van der Waals surface area contributed by atoms with Gasteiger partial charge in [0.15, 0.2) is 5.78 Å². The summed E-state index contributed by atoms with van der Waals surface area (Å²) in [5, 5.41) is 21.7. The summed E-state index contributed by atoms with van der Waals surface area (Å²) in [7, 11) is 0. The number of aromatic nitrogens is 1. The third kappa shape index (κ3) is 4.29. The van der Waals surface area contributed by atoms with Gasteiger partial charge < -0.3 is 10.2 Å². The van der Waals surface area contributed by atoms with E-state index in [1.54, 1.807) is 24.3 Å². The van der Waals surface area contributed by atoms with Crippen LogP contribution in [0, 0.1) is 17.8 Å². The molecule has 1 aromatic heterocycles. The lowest BCUT2D eigenvalue weighted by Crippen LogP contribution is -2.32. The molecule has 1 aliphatic rings. The highest BCUT2D eigenvalue weighted by atomic mass is 35.5. The molecule has 0 spiro atoms. The smallest absolute Gasteiger partial charge is 0.309 e. The van der Waals surface area contributed by atoms with Crippen LogP contribution in [-0.2, 0) is 11.3 Å². The Morgan fingerprint density at radius 2 is 1.65 bits per heavy atom. The van der Waals surface area contributed by atoms with Crippen LogP contribution < -0.4 is 4.87 Å². The molecule has 8 heteroatoms. The monoisotopic (exact) mass is 457 g/mol. The Labute approximate surface area is 187 Å². The highest BCUT2D eigenvalue weighted by molar-refractivity contribution is 7.07. The largest absolute Gasteiger partial charge is 0.494 e. The van der Waals surface area contributed by atoms with Crippen molar-refractivity contribution in [3.05, 3.63) is 74.2 Å². The Morgan fingerprint density at radius 3 is 2.19 bits per heavy atom. The number of hydrogen-bond donors (Lipinski definition) is 2. The second-order valence-corrected chi connectivity index (χ2v) is 8.98. The lowest BCUT2D eigenvalue weighted by atomic mass is 9.84. The molecule has 6 nitrogen and oxygen atoms in total. The van der Waals surface area contributed by atoms with Gasteiger partial charge in [-0.25, -0.2) is 0 Å². The summed E-state index contributed by atoms with van der Waals surface area (Å²) in [6.45, 7) is 0.0877. The highest BCUT2D eigenvalue weighted by Crippen LogP contribution is 2.40. The Kier molecular flexibility index (Phi) is 5.98. The second kappa shape index (κ2) is 8.69. The van der Waals surface area contributed by atoms with Gasteiger partial charge in [-0.15, -0.1) is 0 Å². The van der Waals surface area contributed by atoms with Crippen molar-refractivity contribution in [2.75, 3.05) is 0 Å². The molecule has 3 atom stereocenters. The summed E-state index contributed by atoms with van der Waals surface area (Å²) in [6, 6.07) is 14.5. The van der Waals surface area contributed by atoms with Crippen LogP contribution in [0.5, 0.6) is 5.88 Å². The molecule has 1 saturated carbocycles. The molecule has 31 heavy (non-hydrogen) atoms. The number of aliphatic carboxylic acids is 1. The van der Waals surface area contributed by atoms with E-state index >= 15 is 0 Å². The summed E-state index contributed by atoms with van der Waals surface area (Å²) >= 11 is 6.79. The van der Waals surface area contributed by atoms with Gasteiger partial charge in [0, 0.05) is 23.0 Å². The standard InChI is InChI=1S/C23H20ClNO5S/c24-17-8-5-14(6-9-17)13-1-3-15(4-2-13)21(27)18-10-7-16(20(18)22(28)29)11-25-19(26)12-31-23(25)30/h1-6,8-9,12,16,18,20,26H,7,10-11H2,(H,28,29). The quantitative estimate of drug-likeness (QED) is 0.529. The topological polar surface area (TPSA) is 96.6 Å². The van der Waals surface area contributed by atoms with Crippen LogP contribution in [-0.4, -0.2) is 26.5 Å². The van der Waals surface area contributed by atoms with E-state index in [9.17, 15) is 24.6 Å². The molecule has 1 heterocycles. The van der Waals surface area contributed by atoms with Crippen molar-refractivity contribution in [3.8, 4) is 17.0 Å². The zero-order valence-corrected chi connectivity index (χ0v) is 18.0. The Balaban J connectivity index is 1.54. The SMILES string of the molecule is O=C(c1ccc(-c2ccc(Cl)cc2)cc1)C1CCC(Cn2c(O)csc2=O)C1C(=O)O. The predicted octanol–water partition coefficient (Wildman–Crippen LogP) is 4.55. The second-order valence-electron chi connectivity index (χ2n) is 7.73. The fraction of sp³-hybridized carbons (Fsp3) is 0.261. The summed E-state index contributed by atoms with van der Waals surface area (Å²) in [5.41, 5.74) is 2.36. The summed E-state index contributed by atoms with van der Waals surface area (Å²) < 4.78 is 1.18. The minimum absolute atomic E-state index is 0.0877. The van der Waals surface area contributed by atoms with Crippen LogP contribution >= 0.6 is 22.9 Å². The maximum atomic E-state index is 13.1. The highest BCUT2D eigenvalue weighted by Gasteiger charge is 2.45. The van der Waals surface area contributed by atoms with Gasteiger partial charge in [0.1, 0.15) is 0 Å². The molecule has 160 valence electrons. The van der Waals surface area contributed by atoms with E-state index in [0.717, 1.165) is 22.5 Å². The molecular weight excluding hydrogens is 438 g/mol. The minimum atomic E-state index is -1.05. The number of ketones is 1. The average molecular weight is 458 g/mol. The number of aromatic hydroxyl groups is 1. The number of benzene rings is 2. The van der Waals surface area contributed by atoms with Gasteiger partial charge in [-0.05, 0) is 42.0 Å². The third-order valence-electron chi connectivity index (χ3n) is 5.94. The Bertz CT molecular complexity index is 1170. The van der Waals surface area contributed by atoms with Crippen molar-refractivity contribution in [2.45, 2.75) is 19.4 Å². The van der Waals surface area contributed by atoms with Crippen LogP contribution in [0.15, 0.2) is 58.7 Å².